The number of carbonyl (C=O) groups is 1. The predicted molar refractivity (Wildman–Crippen MR) is 105 cm³/mol. The Morgan fingerprint density at radius 1 is 1.34 bits per heavy atom. The summed E-state index contributed by atoms with van der Waals surface area (Å²) in [7, 11) is 0. The number of aromatic nitrogens is 1. The fourth-order valence-corrected chi connectivity index (χ4v) is 5.12. The third-order valence-corrected chi connectivity index (χ3v) is 7.14. The van der Waals surface area contributed by atoms with E-state index >= 15 is 4.39 Å². The molecule has 1 aromatic carbocycles. The number of nitrogens with zero attached hydrogens (tertiary/aromatic N) is 2. The normalized spacial score (nSPS) is 29.6. The van der Waals surface area contributed by atoms with Crippen LogP contribution in [0.15, 0.2) is 17.1 Å². The standard InChI is InChI=1S/C21H23F2N3O3/c1-10-16-11(18(27)12(19(28)29)7-26(16)15-6-13(15)22)5-14(23)17(10)25-8-20(2,24)21(9-25)3-4-21/h5,7,13,15H,3-4,6,8-9,24H2,1-2H3,(H,28,29)/t13-,15+,20?/m0/s1. The van der Waals surface area contributed by atoms with Gasteiger partial charge >= 0.3 is 5.97 Å². The van der Waals surface area contributed by atoms with Crippen LogP contribution in [-0.4, -0.2) is 40.4 Å². The van der Waals surface area contributed by atoms with Crippen LogP contribution in [0.4, 0.5) is 14.5 Å². The van der Waals surface area contributed by atoms with Crippen molar-refractivity contribution in [1.29, 1.82) is 0 Å². The van der Waals surface area contributed by atoms with E-state index in [1.54, 1.807) is 6.92 Å². The Bertz CT molecular complexity index is 1130. The molecule has 1 aromatic heterocycles. The summed E-state index contributed by atoms with van der Waals surface area (Å²) in [4.78, 5) is 26.2. The number of aromatic carboxylic acids is 1. The maximum absolute atomic E-state index is 15.2. The number of aryl methyl sites for hydroxylation is 1. The molecule has 3 N–H and O–H groups in total. The number of fused-ring (bicyclic) bond motifs is 1. The highest BCUT2D eigenvalue weighted by Gasteiger charge is 2.60. The van der Waals surface area contributed by atoms with Crippen molar-refractivity contribution in [3.8, 4) is 0 Å². The maximum Gasteiger partial charge on any atom is 0.341 e. The van der Waals surface area contributed by atoms with Crippen LogP contribution in [-0.2, 0) is 0 Å². The minimum atomic E-state index is -1.40. The van der Waals surface area contributed by atoms with Gasteiger partial charge in [-0.25, -0.2) is 13.6 Å². The number of carboxylic acid groups (broad SMARTS) is 1. The first-order chi connectivity index (χ1) is 13.6. The third kappa shape index (κ3) is 2.48. The highest BCUT2D eigenvalue weighted by molar-refractivity contribution is 5.95. The molecule has 6 nitrogen and oxygen atoms in total. The van der Waals surface area contributed by atoms with E-state index in [0.29, 0.717) is 29.9 Å². The van der Waals surface area contributed by atoms with Gasteiger partial charge in [-0.1, -0.05) is 0 Å². The Morgan fingerprint density at radius 3 is 2.52 bits per heavy atom. The molecule has 1 aliphatic heterocycles. The molecule has 5 rings (SSSR count). The van der Waals surface area contributed by atoms with Crippen LogP contribution in [0.25, 0.3) is 10.9 Å². The number of alkyl halides is 1. The Labute approximate surface area is 165 Å². The minimum absolute atomic E-state index is 0.0196. The molecule has 2 aliphatic carbocycles. The number of rotatable bonds is 3. The number of carboxylic acids is 1. The largest absolute Gasteiger partial charge is 0.477 e. The summed E-state index contributed by atoms with van der Waals surface area (Å²) in [5.74, 6) is -1.99. The quantitative estimate of drug-likeness (QED) is 0.823. The summed E-state index contributed by atoms with van der Waals surface area (Å²) in [6, 6.07) is 0.561. The highest BCUT2D eigenvalue weighted by Crippen LogP contribution is 2.58. The molecule has 2 saturated carbocycles. The van der Waals surface area contributed by atoms with Gasteiger partial charge in [0.25, 0.3) is 0 Å². The average Bonchev–Trinajstić information content (AvgIpc) is 3.51. The van der Waals surface area contributed by atoms with Crippen molar-refractivity contribution in [2.75, 3.05) is 18.0 Å². The molecule has 0 amide bonds. The van der Waals surface area contributed by atoms with Gasteiger partial charge < -0.3 is 20.3 Å². The van der Waals surface area contributed by atoms with Gasteiger partial charge in [-0.3, -0.25) is 4.79 Å². The molecule has 3 fully saturated rings. The van der Waals surface area contributed by atoms with Crippen molar-refractivity contribution < 1.29 is 18.7 Å². The van der Waals surface area contributed by atoms with Crippen LogP contribution >= 0.6 is 0 Å². The van der Waals surface area contributed by atoms with Crippen LogP contribution < -0.4 is 16.1 Å². The topological polar surface area (TPSA) is 88.6 Å². The predicted octanol–water partition coefficient (Wildman–Crippen LogP) is 2.75. The highest BCUT2D eigenvalue weighted by atomic mass is 19.1. The Morgan fingerprint density at radius 2 is 2.00 bits per heavy atom. The summed E-state index contributed by atoms with van der Waals surface area (Å²) < 4.78 is 30.6. The van der Waals surface area contributed by atoms with Gasteiger partial charge in [-0.15, -0.1) is 0 Å². The van der Waals surface area contributed by atoms with E-state index in [1.807, 2.05) is 11.8 Å². The second kappa shape index (κ2) is 5.56. The molecule has 29 heavy (non-hydrogen) atoms. The molecule has 1 saturated heterocycles. The lowest BCUT2D eigenvalue weighted by atomic mass is 9.87. The van der Waals surface area contributed by atoms with Crippen LogP contribution in [0.5, 0.6) is 0 Å². The first-order valence-corrected chi connectivity index (χ1v) is 9.85. The van der Waals surface area contributed by atoms with E-state index < -0.39 is 40.5 Å². The fourth-order valence-electron chi connectivity index (χ4n) is 5.12. The first-order valence-electron chi connectivity index (χ1n) is 9.85. The van der Waals surface area contributed by atoms with E-state index in [0.717, 1.165) is 18.9 Å². The molecule has 1 unspecified atom stereocenters. The molecule has 0 bridgehead atoms. The van der Waals surface area contributed by atoms with Crippen molar-refractivity contribution >= 4 is 22.6 Å². The summed E-state index contributed by atoms with van der Waals surface area (Å²) in [6.07, 6.45) is 2.35. The van der Waals surface area contributed by atoms with Gasteiger partial charge in [0.15, 0.2) is 0 Å². The van der Waals surface area contributed by atoms with Crippen molar-refractivity contribution in [2.24, 2.45) is 11.1 Å². The molecular weight excluding hydrogens is 380 g/mol. The maximum atomic E-state index is 15.2. The van der Waals surface area contributed by atoms with Crippen molar-refractivity contribution in [2.45, 2.75) is 50.9 Å². The third-order valence-electron chi connectivity index (χ3n) is 7.14. The number of hydrogen-bond donors (Lipinski definition) is 2. The van der Waals surface area contributed by atoms with Crippen molar-refractivity contribution in [1.82, 2.24) is 4.57 Å². The van der Waals surface area contributed by atoms with E-state index in [4.69, 9.17) is 5.73 Å². The van der Waals surface area contributed by atoms with Crippen LogP contribution in [0.1, 0.15) is 48.1 Å². The second-order valence-electron chi connectivity index (χ2n) is 9.19. The number of nitrogens with two attached hydrogens (primary N) is 1. The molecule has 3 aliphatic rings. The second-order valence-corrected chi connectivity index (χ2v) is 9.19. The zero-order chi connectivity index (χ0) is 20.9. The van der Waals surface area contributed by atoms with Crippen LogP contribution in [0.2, 0.25) is 0 Å². The molecular formula is C21H23F2N3O3. The van der Waals surface area contributed by atoms with Gasteiger partial charge in [0.1, 0.15) is 17.6 Å². The molecule has 1 spiro atoms. The van der Waals surface area contributed by atoms with E-state index in [2.05, 4.69) is 0 Å². The van der Waals surface area contributed by atoms with E-state index in [-0.39, 0.29) is 17.2 Å². The van der Waals surface area contributed by atoms with E-state index in [1.165, 1.54) is 10.8 Å². The number of anilines is 1. The van der Waals surface area contributed by atoms with Crippen LogP contribution in [0.3, 0.4) is 0 Å². The van der Waals surface area contributed by atoms with Gasteiger partial charge in [0.2, 0.25) is 5.43 Å². The molecule has 0 radical (unpaired) electrons. The summed E-state index contributed by atoms with van der Waals surface area (Å²) in [6.45, 7) is 4.82. The fraction of sp³-hybridized carbons (Fsp3) is 0.524. The van der Waals surface area contributed by atoms with Crippen molar-refractivity contribution in [3.63, 3.8) is 0 Å². The lowest BCUT2D eigenvalue weighted by molar-refractivity contribution is 0.0694. The number of halogens is 2. The Kier molecular flexibility index (Phi) is 3.56. The van der Waals surface area contributed by atoms with Crippen molar-refractivity contribution in [3.05, 3.63) is 39.4 Å². The van der Waals surface area contributed by atoms with Gasteiger partial charge in [0.05, 0.1) is 17.2 Å². The zero-order valence-corrected chi connectivity index (χ0v) is 16.3. The summed E-state index contributed by atoms with van der Waals surface area (Å²) in [5.41, 5.74) is 6.10. The number of pyridine rings is 1. The van der Waals surface area contributed by atoms with Gasteiger partial charge in [-0.2, -0.15) is 0 Å². The molecule has 154 valence electrons. The molecule has 2 heterocycles. The SMILES string of the molecule is Cc1c(N2CC(C)(N)C3(CC3)C2)c(F)cc2c(=O)c(C(=O)O)cn([C@@H]3C[C@@H]3F)c12. The summed E-state index contributed by atoms with van der Waals surface area (Å²) >= 11 is 0. The monoisotopic (exact) mass is 403 g/mol. The Hall–Kier alpha value is -2.48. The molecule has 3 atom stereocenters. The van der Waals surface area contributed by atoms with Crippen LogP contribution in [0, 0.1) is 18.2 Å². The van der Waals surface area contributed by atoms with Gasteiger partial charge in [0, 0.05) is 42.0 Å². The zero-order valence-electron chi connectivity index (χ0n) is 16.3. The number of hydrogen-bond acceptors (Lipinski definition) is 4. The molecule has 2 aromatic rings. The number of benzene rings is 1. The lowest BCUT2D eigenvalue weighted by Gasteiger charge is -2.26. The van der Waals surface area contributed by atoms with E-state index in [9.17, 15) is 19.1 Å². The summed E-state index contributed by atoms with van der Waals surface area (Å²) in [5, 5.41) is 9.35. The average molecular weight is 403 g/mol. The Balaban J connectivity index is 1.75. The minimum Gasteiger partial charge on any atom is -0.477 e. The smallest absolute Gasteiger partial charge is 0.341 e. The first kappa shape index (κ1) is 18.5. The van der Waals surface area contributed by atoms with Gasteiger partial charge in [-0.05, 0) is 38.3 Å². The lowest BCUT2D eigenvalue weighted by Crippen LogP contribution is -2.45. The molecule has 8 heteroatoms.